The van der Waals surface area contributed by atoms with Crippen molar-refractivity contribution in [2.75, 3.05) is 0 Å². The van der Waals surface area contributed by atoms with Crippen LogP contribution in [0.1, 0.15) is 58.8 Å². The predicted octanol–water partition coefficient (Wildman–Crippen LogP) is 3.58. The van der Waals surface area contributed by atoms with Gasteiger partial charge in [0.05, 0.1) is 5.41 Å². The van der Waals surface area contributed by atoms with Crippen molar-refractivity contribution in [2.45, 2.75) is 58.8 Å². The SMILES string of the molecule is C[C@@H]1C(=O)CC[C@]2(C)C3=CCCC[C@]3(C(=O)O)CC[C@H]12. The van der Waals surface area contributed by atoms with Gasteiger partial charge < -0.3 is 5.11 Å². The predicted molar refractivity (Wildman–Crippen MR) is 76.2 cm³/mol. The van der Waals surface area contributed by atoms with Crippen LogP contribution in [0.25, 0.3) is 0 Å². The minimum absolute atomic E-state index is 0.0790. The second-order valence-corrected chi connectivity index (χ2v) is 7.21. The molecule has 0 unspecified atom stereocenters. The van der Waals surface area contributed by atoms with Crippen LogP contribution >= 0.6 is 0 Å². The summed E-state index contributed by atoms with van der Waals surface area (Å²) in [7, 11) is 0. The first-order chi connectivity index (χ1) is 9.42. The van der Waals surface area contributed by atoms with Crippen molar-refractivity contribution in [3.8, 4) is 0 Å². The van der Waals surface area contributed by atoms with Crippen LogP contribution in [-0.4, -0.2) is 16.9 Å². The number of aliphatic carboxylic acids is 1. The molecule has 110 valence electrons. The molecule has 2 fully saturated rings. The van der Waals surface area contributed by atoms with Crippen LogP contribution < -0.4 is 0 Å². The first kappa shape index (κ1) is 13.8. The van der Waals surface area contributed by atoms with E-state index in [1.807, 2.05) is 6.92 Å². The minimum atomic E-state index is -0.646. The molecular weight excluding hydrogens is 252 g/mol. The smallest absolute Gasteiger partial charge is 0.313 e. The minimum Gasteiger partial charge on any atom is -0.481 e. The van der Waals surface area contributed by atoms with Crippen molar-refractivity contribution in [1.82, 2.24) is 0 Å². The molecule has 1 N–H and O–H groups in total. The highest BCUT2D eigenvalue weighted by Gasteiger charge is 2.58. The highest BCUT2D eigenvalue weighted by atomic mass is 16.4. The zero-order valence-corrected chi connectivity index (χ0v) is 12.4. The van der Waals surface area contributed by atoms with Crippen molar-refractivity contribution >= 4 is 11.8 Å². The lowest BCUT2D eigenvalue weighted by molar-refractivity contribution is -0.152. The molecule has 0 bridgehead atoms. The number of carboxylic acids is 1. The van der Waals surface area contributed by atoms with Crippen molar-refractivity contribution in [1.29, 1.82) is 0 Å². The molecule has 4 atom stereocenters. The molecule has 20 heavy (non-hydrogen) atoms. The molecule has 3 heteroatoms. The van der Waals surface area contributed by atoms with E-state index >= 15 is 0 Å². The van der Waals surface area contributed by atoms with E-state index in [0.717, 1.165) is 37.7 Å². The van der Waals surface area contributed by atoms with Gasteiger partial charge in [-0.1, -0.05) is 25.5 Å². The quantitative estimate of drug-likeness (QED) is 0.745. The largest absolute Gasteiger partial charge is 0.481 e. The third kappa shape index (κ3) is 1.64. The summed E-state index contributed by atoms with van der Waals surface area (Å²) in [5.41, 5.74) is 0.438. The van der Waals surface area contributed by atoms with Gasteiger partial charge in [0.1, 0.15) is 5.78 Å². The van der Waals surface area contributed by atoms with E-state index in [2.05, 4.69) is 13.0 Å². The van der Waals surface area contributed by atoms with Crippen LogP contribution in [0.5, 0.6) is 0 Å². The molecule has 0 radical (unpaired) electrons. The van der Waals surface area contributed by atoms with Gasteiger partial charge in [-0.15, -0.1) is 0 Å². The summed E-state index contributed by atoms with van der Waals surface area (Å²) in [5.74, 6) is 0.142. The second-order valence-electron chi connectivity index (χ2n) is 7.21. The Morgan fingerprint density at radius 2 is 2.10 bits per heavy atom. The van der Waals surface area contributed by atoms with E-state index in [1.165, 1.54) is 0 Å². The monoisotopic (exact) mass is 276 g/mol. The van der Waals surface area contributed by atoms with E-state index in [-0.39, 0.29) is 11.3 Å². The topological polar surface area (TPSA) is 54.4 Å². The Bertz CT molecular complexity index is 492. The standard InChI is InChI=1S/C17H24O3/c1-11-12-6-10-17(15(19)20)8-4-3-5-14(17)16(12,2)9-7-13(11)18/h5,11-12H,3-4,6-10H2,1-2H3,(H,19,20)/t11-,12+,16-,17-/m0/s1. The number of carbonyl (C=O) groups is 2. The summed E-state index contributed by atoms with van der Waals surface area (Å²) in [6.07, 6.45) is 7.99. The molecule has 2 saturated carbocycles. The number of rotatable bonds is 1. The van der Waals surface area contributed by atoms with Crippen molar-refractivity contribution in [2.24, 2.45) is 22.7 Å². The maximum atomic E-state index is 12.0. The molecule has 0 heterocycles. The van der Waals surface area contributed by atoms with Gasteiger partial charge in [-0.05, 0) is 49.9 Å². The maximum absolute atomic E-state index is 12.0. The van der Waals surface area contributed by atoms with Crippen molar-refractivity contribution in [3.05, 3.63) is 11.6 Å². The van der Waals surface area contributed by atoms with Gasteiger partial charge in [0.2, 0.25) is 0 Å². The Hall–Kier alpha value is -1.12. The van der Waals surface area contributed by atoms with Gasteiger partial charge in [0.25, 0.3) is 0 Å². The zero-order valence-electron chi connectivity index (χ0n) is 12.4. The van der Waals surface area contributed by atoms with Crippen LogP contribution in [0.4, 0.5) is 0 Å². The Morgan fingerprint density at radius 3 is 2.80 bits per heavy atom. The fourth-order valence-electron chi connectivity index (χ4n) is 5.23. The fourth-order valence-corrected chi connectivity index (χ4v) is 5.23. The van der Waals surface area contributed by atoms with Gasteiger partial charge in [-0.2, -0.15) is 0 Å². The van der Waals surface area contributed by atoms with Crippen LogP contribution in [0, 0.1) is 22.7 Å². The van der Waals surface area contributed by atoms with Crippen LogP contribution in [0.15, 0.2) is 11.6 Å². The Balaban J connectivity index is 2.07. The highest BCUT2D eigenvalue weighted by molar-refractivity contribution is 5.84. The molecule has 0 spiro atoms. The van der Waals surface area contributed by atoms with Crippen molar-refractivity contribution < 1.29 is 14.7 Å². The van der Waals surface area contributed by atoms with Crippen LogP contribution in [0.3, 0.4) is 0 Å². The lowest BCUT2D eigenvalue weighted by atomic mass is 9.47. The molecule has 0 aromatic heterocycles. The third-order valence-corrected chi connectivity index (χ3v) is 6.40. The average molecular weight is 276 g/mol. The molecule has 3 aliphatic carbocycles. The molecule has 0 aromatic rings. The molecular formula is C17H24O3. The Labute approximate surface area is 120 Å². The molecule has 3 aliphatic rings. The Morgan fingerprint density at radius 1 is 1.35 bits per heavy atom. The normalized spacial score (nSPS) is 44.3. The molecule has 3 nitrogen and oxygen atoms in total. The zero-order chi connectivity index (χ0) is 14.5. The molecule has 0 saturated heterocycles. The van der Waals surface area contributed by atoms with Crippen LogP contribution in [-0.2, 0) is 9.59 Å². The van der Waals surface area contributed by atoms with Gasteiger partial charge >= 0.3 is 5.97 Å². The summed E-state index contributed by atoms with van der Waals surface area (Å²) in [4.78, 5) is 24.0. The van der Waals surface area contributed by atoms with Gasteiger partial charge in [0.15, 0.2) is 0 Å². The van der Waals surface area contributed by atoms with E-state index in [0.29, 0.717) is 24.5 Å². The number of carboxylic acid groups (broad SMARTS) is 1. The summed E-state index contributed by atoms with van der Waals surface area (Å²) < 4.78 is 0. The summed E-state index contributed by atoms with van der Waals surface area (Å²) in [6, 6.07) is 0. The number of allylic oxidation sites excluding steroid dienone is 1. The number of hydrogen-bond donors (Lipinski definition) is 1. The number of carbonyl (C=O) groups excluding carboxylic acids is 1. The number of fused-ring (bicyclic) bond motifs is 3. The number of ketones is 1. The average Bonchev–Trinajstić information content (AvgIpc) is 2.43. The number of Topliss-reactive ketones (excluding diaryl/α,β-unsaturated/α-hetero) is 1. The van der Waals surface area contributed by atoms with E-state index in [9.17, 15) is 14.7 Å². The first-order valence-electron chi connectivity index (χ1n) is 7.89. The van der Waals surface area contributed by atoms with Crippen molar-refractivity contribution in [3.63, 3.8) is 0 Å². The van der Waals surface area contributed by atoms with E-state index in [4.69, 9.17) is 0 Å². The lowest BCUT2D eigenvalue weighted by Gasteiger charge is -2.56. The number of hydrogen-bond acceptors (Lipinski definition) is 2. The van der Waals surface area contributed by atoms with Gasteiger partial charge in [-0.25, -0.2) is 0 Å². The first-order valence-corrected chi connectivity index (χ1v) is 7.89. The summed E-state index contributed by atoms with van der Waals surface area (Å²) in [5, 5.41) is 9.84. The fraction of sp³-hybridized carbons (Fsp3) is 0.765. The lowest BCUT2D eigenvalue weighted by Crippen LogP contribution is -2.53. The Kier molecular flexibility index (Phi) is 3.07. The van der Waals surface area contributed by atoms with Gasteiger partial charge in [-0.3, -0.25) is 9.59 Å². The van der Waals surface area contributed by atoms with Gasteiger partial charge in [0, 0.05) is 12.3 Å². The van der Waals surface area contributed by atoms with E-state index in [1.54, 1.807) is 0 Å². The molecule has 0 amide bonds. The van der Waals surface area contributed by atoms with Crippen LogP contribution in [0.2, 0.25) is 0 Å². The maximum Gasteiger partial charge on any atom is 0.313 e. The molecule has 0 aromatic carbocycles. The molecule has 3 rings (SSSR count). The second kappa shape index (κ2) is 4.44. The molecule has 0 aliphatic heterocycles. The van der Waals surface area contributed by atoms with E-state index < -0.39 is 11.4 Å². The third-order valence-electron chi connectivity index (χ3n) is 6.40. The highest BCUT2D eigenvalue weighted by Crippen LogP contribution is 2.62. The summed E-state index contributed by atoms with van der Waals surface area (Å²) in [6.45, 7) is 4.26. The summed E-state index contributed by atoms with van der Waals surface area (Å²) >= 11 is 0.